The molecule has 22 heteroatoms. The Hall–Kier alpha value is -6.94. The number of carbonyl (C=O) groups is 2. The molecule has 2 aromatic carbocycles. The number of aromatic nitrogens is 6. The molecule has 0 atom stereocenters. The number of hydrogen-bond acceptors (Lipinski definition) is 13. The van der Waals surface area contributed by atoms with Crippen molar-refractivity contribution in [3.05, 3.63) is 102 Å². The van der Waals surface area contributed by atoms with Crippen LogP contribution in [0, 0.1) is 0 Å². The maximum Gasteiger partial charge on any atom is 0.416 e. The van der Waals surface area contributed by atoms with E-state index in [1.165, 1.54) is 24.8 Å². The quantitative estimate of drug-likeness (QED) is 0.0554. The number of pyridine rings is 2. The van der Waals surface area contributed by atoms with Crippen LogP contribution in [0.4, 0.5) is 49.4 Å². The Morgan fingerprint density at radius 2 is 1.19 bits per heavy atom. The lowest BCUT2D eigenvalue weighted by Crippen LogP contribution is -2.63. The second-order valence-corrected chi connectivity index (χ2v) is 19.5. The molecule has 4 fully saturated rings. The van der Waals surface area contributed by atoms with Crippen molar-refractivity contribution in [2.75, 3.05) is 61.4 Å². The van der Waals surface area contributed by atoms with Crippen LogP contribution < -0.4 is 37.3 Å². The number of alkyl halides is 6. The summed E-state index contributed by atoms with van der Waals surface area (Å²) in [5.74, 6) is 0.196. The van der Waals surface area contributed by atoms with Crippen molar-refractivity contribution >= 4 is 56.6 Å². The average Bonchev–Trinajstić information content (AvgIpc) is 3.34. The summed E-state index contributed by atoms with van der Waals surface area (Å²) in [6, 6.07) is 12.9. The number of benzene rings is 2. The molecule has 4 aliphatic rings. The summed E-state index contributed by atoms with van der Waals surface area (Å²) in [6.45, 7) is 2.46. The zero-order chi connectivity index (χ0) is 50.3. The first kappa shape index (κ1) is 48.7. The van der Waals surface area contributed by atoms with Crippen molar-refractivity contribution in [3.8, 4) is 5.69 Å². The number of likely N-dealkylation sites (tertiary alicyclic amines) is 2. The highest BCUT2D eigenvalue weighted by Crippen LogP contribution is 2.39. The second-order valence-electron chi connectivity index (χ2n) is 19.5. The minimum absolute atomic E-state index is 0.0233. The fourth-order valence-electron chi connectivity index (χ4n) is 10.8. The van der Waals surface area contributed by atoms with Gasteiger partial charge in [0.25, 0.3) is 12.1 Å². The van der Waals surface area contributed by atoms with Gasteiger partial charge in [0.2, 0.25) is 11.8 Å². The van der Waals surface area contributed by atoms with Crippen molar-refractivity contribution < 1.29 is 40.5 Å². The topological polar surface area (TPSA) is 209 Å². The molecule has 72 heavy (non-hydrogen) atoms. The summed E-state index contributed by atoms with van der Waals surface area (Å²) in [7, 11) is 0. The third kappa shape index (κ3) is 10.6. The van der Waals surface area contributed by atoms with E-state index >= 15 is 0 Å². The smallest absolute Gasteiger partial charge is 0.397 e. The first-order chi connectivity index (χ1) is 34.5. The van der Waals surface area contributed by atoms with Gasteiger partial charge in [-0.2, -0.15) is 30.9 Å². The van der Waals surface area contributed by atoms with E-state index in [4.69, 9.17) is 16.5 Å². The van der Waals surface area contributed by atoms with Crippen LogP contribution in [0.2, 0.25) is 0 Å². The molecular weight excluding hydrogens is 943 g/mol. The Morgan fingerprint density at radius 3 is 1.76 bits per heavy atom. The van der Waals surface area contributed by atoms with Crippen LogP contribution in [-0.4, -0.2) is 110 Å². The molecule has 0 radical (unpaired) electrons. The van der Waals surface area contributed by atoms with E-state index in [1.54, 1.807) is 23.0 Å². The van der Waals surface area contributed by atoms with E-state index < -0.39 is 23.5 Å². The van der Waals surface area contributed by atoms with Crippen LogP contribution in [-0.2, 0) is 21.9 Å². The summed E-state index contributed by atoms with van der Waals surface area (Å²) >= 11 is 0. The average molecular weight is 998 g/mol. The SMILES string of the molecule is Nc1ccc(C2CCC(N3CC(NC(=O)CNc4nc[n+](-c5cnc(C6CCC(N7CC(NC(=O)CNc8ncnc9ccc(C(F)(F)F)cc89)C7)CC6)c(N)c5)c5ccc(C(F)(F)F)cc45)C3)CC2)nc1. The maximum absolute atomic E-state index is 14.0. The molecule has 4 aromatic heterocycles. The van der Waals surface area contributed by atoms with Crippen LogP contribution in [0.5, 0.6) is 0 Å². The number of rotatable bonds is 13. The van der Waals surface area contributed by atoms with E-state index in [0.717, 1.165) is 100 Å². The summed E-state index contributed by atoms with van der Waals surface area (Å²) in [4.78, 5) is 52.5. The van der Waals surface area contributed by atoms with Crippen molar-refractivity contribution in [2.45, 2.75) is 99.7 Å². The molecule has 2 saturated carbocycles. The van der Waals surface area contributed by atoms with Gasteiger partial charge < -0.3 is 32.7 Å². The van der Waals surface area contributed by atoms with E-state index in [0.29, 0.717) is 59.2 Å². The van der Waals surface area contributed by atoms with Gasteiger partial charge in [0.05, 0.1) is 76.7 Å². The lowest BCUT2D eigenvalue weighted by atomic mass is 9.81. The second kappa shape index (κ2) is 19.9. The van der Waals surface area contributed by atoms with Gasteiger partial charge >= 0.3 is 12.4 Å². The molecule has 2 saturated heterocycles. The van der Waals surface area contributed by atoms with Gasteiger partial charge in [0.15, 0.2) is 5.69 Å². The number of fused-ring (bicyclic) bond motifs is 2. The highest BCUT2D eigenvalue weighted by Gasteiger charge is 2.38. The number of nitrogen functional groups attached to an aromatic ring is 2. The molecule has 2 aliphatic heterocycles. The minimum Gasteiger partial charge on any atom is -0.397 e. The largest absolute Gasteiger partial charge is 0.416 e. The predicted octanol–water partition coefficient (Wildman–Crippen LogP) is 6.32. The molecule has 0 bridgehead atoms. The predicted molar refractivity (Wildman–Crippen MR) is 258 cm³/mol. The van der Waals surface area contributed by atoms with Crippen molar-refractivity contribution in [3.63, 3.8) is 0 Å². The minimum atomic E-state index is -4.61. The van der Waals surface area contributed by atoms with E-state index in [-0.39, 0.29) is 65.3 Å². The van der Waals surface area contributed by atoms with Gasteiger partial charge in [-0.25, -0.2) is 9.97 Å². The van der Waals surface area contributed by atoms with Gasteiger partial charge in [0, 0.05) is 67.2 Å². The Morgan fingerprint density at radius 1 is 0.625 bits per heavy atom. The fraction of sp³-hybridized carbons (Fsp3) is 0.440. The molecule has 2 aliphatic carbocycles. The molecule has 6 aromatic rings. The Kier molecular flexibility index (Phi) is 13.5. The highest BCUT2D eigenvalue weighted by molar-refractivity contribution is 5.92. The molecule has 16 nitrogen and oxygen atoms in total. The number of nitrogens with two attached hydrogens (primary N) is 2. The highest BCUT2D eigenvalue weighted by atomic mass is 19.4. The van der Waals surface area contributed by atoms with Crippen LogP contribution in [0.25, 0.3) is 27.5 Å². The van der Waals surface area contributed by atoms with Crippen LogP contribution in [0.3, 0.4) is 0 Å². The van der Waals surface area contributed by atoms with Crippen molar-refractivity contribution in [2.24, 2.45) is 0 Å². The molecule has 6 heterocycles. The van der Waals surface area contributed by atoms with Gasteiger partial charge in [-0.1, -0.05) is 0 Å². The number of carbonyl (C=O) groups excluding carboxylic acids is 2. The number of nitrogens with one attached hydrogen (secondary N) is 4. The van der Waals surface area contributed by atoms with Crippen molar-refractivity contribution in [1.29, 1.82) is 0 Å². The van der Waals surface area contributed by atoms with Crippen LogP contribution in [0.15, 0.2) is 79.6 Å². The Labute approximate surface area is 410 Å². The van der Waals surface area contributed by atoms with Gasteiger partial charge in [0.1, 0.15) is 17.7 Å². The third-order valence-corrected chi connectivity index (χ3v) is 14.7. The van der Waals surface area contributed by atoms with E-state index in [9.17, 15) is 35.9 Å². The van der Waals surface area contributed by atoms with Gasteiger partial charge in [-0.15, -0.1) is 0 Å². The maximum atomic E-state index is 14.0. The zero-order valence-corrected chi connectivity index (χ0v) is 39.2. The Balaban J connectivity index is 0.702. The Bertz CT molecular complexity index is 2950. The van der Waals surface area contributed by atoms with Gasteiger partial charge in [-0.3, -0.25) is 29.4 Å². The van der Waals surface area contributed by atoms with E-state index in [1.807, 2.05) is 12.1 Å². The molecule has 2 amide bonds. The lowest BCUT2D eigenvalue weighted by molar-refractivity contribution is -0.570. The molecule has 10 rings (SSSR count). The van der Waals surface area contributed by atoms with Crippen molar-refractivity contribution in [1.82, 2.24) is 45.4 Å². The number of halogens is 6. The summed E-state index contributed by atoms with van der Waals surface area (Å²) in [6.07, 6.45) is 4.53. The number of hydrogen-bond donors (Lipinski definition) is 6. The summed E-state index contributed by atoms with van der Waals surface area (Å²) < 4.78 is 83.7. The first-order valence-corrected chi connectivity index (χ1v) is 24.3. The summed E-state index contributed by atoms with van der Waals surface area (Å²) in [5, 5.41) is 12.2. The molecular formula is C50H55F6N14O2+. The van der Waals surface area contributed by atoms with E-state index in [2.05, 4.69) is 51.0 Å². The fourth-order valence-corrected chi connectivity index (χ4v) is 10.8. The number of nitrogens with zero attached hydrogens (tertiary/aromatic N) is 8. The monoisotopic (exact) mass is 997 g/mol. The van der Waals surface area contributed by atoms with Crippen LogP contribution >= 0.6 is 0 Å². The third-order valence-electron chi connectivity index (χ3n) is 14.7. The number of amides is 2. The molecule has 378 valence electrons. The summed E-state index contributed by atoms with van der Waals surface area (Å²) in [5.41, 5.74) is 15.0. The number of anilines is 4. The first-order valence-electron chi connectivity index (χ1n) is 24.3. The molecule has 0 unspecified atom stereocenters. The standard InChI is InChI=1S/C50H54F6N14O2/c51-49(52,53)30-5-12-42-38(15-30)47(64-26-63-42)61-20-44(71)66-34-24-69(25-34)36-10-3-29(4-11-36)46-40(58)17-37(19-60-46)70-27-65-48(39-16-31(50(54,55)56)6-14-43(39)70)62-21-45(72)67-33-22-68(23-33)35-8-1-28(2-9-35)41-13-7-32(57)18-59-41/h5-7,12-19,26-29,33-36H,1-4,8-11,20-25,57-58H2,(H3,61,63,64,66,67,71,72)/p+1. The molecule has 8 N–H and O–H groups in total. The zero-order valence-electron chi connectivity index (χ0n) is 39.2. The van der Waals surface area contributed by atoms with Gasteiger partial charge in [-0.05, 0) is 105 Å². The normalized spacial score (nSPS) is 21.5. The van der Waals surface area contributed by atoms with Crippen LogP contribution in [0.1, 0.15) is 85.7 Å². The lowest BCUT2D eigenvalue weighted by Gasteiger charge is -2.46. The molecule has 0 spiro atoms.